The zero-order valence-corrected chi connectivity index (χ0v) is 18.4. The van der Waals surface area contributed by atoms with Crippen LogP contribution in [0.1, 0.15) is 68.4 Å². The average Bonchev–Trinajstić information content (AvgIpc) is 3.10. The minimum Gasteiger partial charge on any atom is -0.468 e. The number of benzene rings is 1. The molecule has 1 aromatic heterocycles. The number of aryl methyl sites for hydroxylation is 1. The van der Waals surface area contributed by atoms with Gasteiger partial charge in [0.25, 0.3) is 0 Å². The van der Waals surface area contributed by atoms with E-state index in [-0.39, 0.29) is 24.0 Å². The molecular formula is C26H30O5. The van der Waals surface area contributed by atoms with Crippen molar-refractivity contribution in [1.29, 1.82) is 0 Å². The van der Waals surface area contributed by atoms with Crippen LogP contribution in [-0.2, 0) is 42.7 Å². The number of hydrogen-bond donors (Lipinski definition) is 0. The summed E-state index contributed by atoms with van der Waals surface area (Å²) in [6, 6.07) is 10.3. The predicted octanol–water partition coefficient (Wildman–Crippen LogP) is 4.64. The summed E-state index contributed by atoms with van der Waals surface area (Å²) in [6.07, 6.45) is 7.93. The number of fused-ring (bicyclic) bond motifs is 2. The van der Waals surface area contributed by atoms with E-state index >= 15 is 0 Å². The van der Waals surface area contributed by atoms with Gasteiger partial charge in [0.05, 0.1) is 19.5 Å². The van der Waals surface area contributed by atoms with Gasteiger partial charge < -0.3 is 13.9 Å². The largest absolute Gasteiger partial charge is 0.468 e. The highest BCUT2D eigenvalue weighted by atomic mass is 16.6. The Bertz CT molecular complexity index is 988. The number of rotatable bonds is 6. The third-order valence-corrected chi connectivity index (χ3v) is 7.80. The molecule has 31 heavy (non-hydrogen) atoms. The third-order valence-electron chi connectivity index (χ3n) is 7.80. The van der Waals surface area contributed by atoms with E-state index in [1.54, 1.807) is 13.8 Å². The zero-order valence-electron chi connectivity index (χ0n) is 18.4. The van der Waals surface area contributed by atoms with Crippen LogP contribution in [0, 0.1) is 5.41 Å². The predicted molar refractivity (Wildman–Crippen MR) is 115 cm³/mol. The lowest BCUT2D eigenvalue weighted by atomic mass is 9.78. The molecule has 1 aromatic carbocycles. The number of hydrogen-bond acceptors (Lipinski definition) is 5. The molecule has 164 valence electrons. The van der Waals surface area contributed by atoms with E-state index in [1.807, 2.05) is 24.5 Å². The first kappa shape index (κ1) is 20.3. The van der Waals surface area contributed by atoms with Crippen molar-refractivity contribution in [3.63, 3.8) is 0 Å². The highest BCUT2D eigenvalue weighted by Gasteiger charge is 2.82. The highest BCUT2D eigenvalue weighted by molar-refractivity contribution is 6.02. The Morgan fingerprint density at radius 3 is 2.23 bits per heavy atom. The quantitative estimate of drug-likeness (QED) is 0.501. The number of carbonyl (C=O) groups is 2. The zero-order chi connectivity index (χ0) is 21.7. The molecule has 5 nitrogen and oxygen atoms in total. The van der Waals surface area contributed by atoms with E-state index in [9.17, 15) is 9.59 Å². The Labute approximate surface area is 183 Å². The summed E-state index contributed by atoms with van der Waals surface area (Å²) in [6.45, 7) is 4.03. The Morgan fingerprint density at radius 1 is 0.903 bits per heavy atom. The van der Waals surface area contributed by atoms with Gasteiger partial charge in [-0.15, -0.1) is 0 Å². The number of esters is 2. The van der Waals surface area contributed by atoms with Crippen molar-refractivity contribution in [3.05, 3.63) is 59.0 Å². The molecule has 5 heteroatoms. The van der Waals surface area contributed by atoms with Crippen molar-refractivity contribution in [1.82, 2.24) is 0 Å². The first-order valence-corrected chi connectivity index (χ1v) is 11.5. The standard InChI is InChI=1S/C26H30O5/c1-3-29-22(27)24(23(28)30-4-2)15-25(19-11-6-5-7-12-19)17-26(25,16-24)21-20-13-9-8-10-18(20)14-31-21/h5-7,11-12,14H,3-4,8-10,13,15-17H2,1-2H3. The van der Waals surface area contributed by atoms with E-state index in [2.05, 4.69) is 12.1 Å². The molecule has 0 N–H and O–H groups in total. The lowest BCUT2D eigenvalue weighted by molar-refractivity contribution is -0.172. The van der Waals surface area contributed by atoms with Gasteiger partial charge in [-0.2, -0.15) is 0 Å². The molecule has 0 bridgehead atoms. The van der Waals surface area contributed by atoms with Crippen LogP contribution in [0.4, 0.5) is 0 Å². The van der Waals surface area contributed by atoms with Gasteiger partial charge in [0.1, 0.15) is 5.76 Å². The minimum absolute atomic E-state index is 0.238. The summed E-state index contributed by atoms with van der Waals surface area (Å²) in [5.74, 6) is 0.0630. The molecule has 0 spiro atoms. The van der Waals surface area contributed by atoms with Gasteiger partial charge in [0, 0.05) is 10.8 Å². The summed E-state index contributed by atoms with van der Waals surface area (Å²) >= 11 is 0. The van der Waals surface area contributed by atoms with Gasteiger partial charge in [-0.25, -0.2) is 0 Å². The van der Waals surface area contributed by atoms with Crippen LogP contribution in [0.2, 0.25) is 0 Å². The van der Waals surface area contributed by atoms with Gasteiger partial charge in [-0.05, 0) is 75.5 Å². The lowest BCUT2D eigenvalue weighted by Crippen LogP contribution is -2.42. The monoisotopic (exact) mass is 422 g/mol. The molecule has 2 fully saturated rings. The summed E-state index contributed by atoms with van der Waals surface area (Å²) < 4.78 is 17.2. The van der Waals surface area contributed by atoms with Crippen LogP contribution >= 0.6 is 0 Å². The van der Waals surface area contributed by atoms with E-state index < -0.39 is 17.4 Å². The van der Waals surface area contributed by atoms with Crippen LogP contribution in [0.15, 0.2) is 41.0 Å². The van der Waals surface area contributed by atoms with Crippen molar-refractivity contribution >= 4 is 11.9 Å². The molecular weight excluding hydrogens is 392 g/mol. The van der Waals surface area contributed by atoms with Crippen LogP contribution < -0.4 is 0 Å². The van der Waals surface area contributed by atoms with Crippen molar-refractivity contribution < 1.29 is 23.5 Å². The van der Waals surface area contributed by atoms with Crippen molar-refractivity contribution in [2.75, 3.05) is 13.2 Å². The van der Waals surface area contributed by atoms with Crippen LogP contribution in [0.5, 0.6) is 0 Å². The first-order chi connectivity index (χ1) is 15.0. The molecule has 3 aliphatic carbocycles. The topological polar surface area (TPSA) is 65.7 Å². The molecule has 2 saturated carbocycles. The summed E-state index contributed by atoms with van der Waals surface area (Å²) in [5, 5.41) is 0. The van der Waals surface area contributed by atoms with E-state index in [0.29, 0.717) is 12.8 Å². The molecule has 0 radical (unpaired) electrons. The molecule has 5 rings (SSSR count). The summed E-state index contributed by atoms with van der Waals surface area (Å²) in [5.41, 5.74) is 1.75. The Balaban J connectivity index is 1.66. The fourth-order valence-corrected chi connectivity index (χ4v) is 6.47. The van der Waals surface area contributed by atoms with E-state index in [1.165, 1.54) is 17.5 Å². The maximum atomic E-state index is 13.3. The molecule has 2 aromatic rings. The average molecular weight is 423 g/mol. The fraction of sp³-hybridized carbons (Fsp3) is 0.538. The molecule has 0 amide bonds. The third kappa shape index (κ3) is 2.74. The molecule has 1 heterocycles. The van der Waals surface area contributed by atoms with Gasteiger partial charge in [-0.1, -0.05) is 30.3 Å². The molecule has 2 unspecified atom stereocenters. The van der Waals surface area contributed by atoms with Gasteiger partial charge in [0.2, 0.25) is 0 Å². The lowest BCUT2D eigenvalue weighted by Gasteiger charge is -2.28. The maximum Gasteiger partial charge on any atom is 0.323 e. The Kier molecular flexibility index (Phi) is 4.76. The van der Waals surface area contributed by atoms with Crippen molar-refractivity contribution in [3.8, 4) is 0 Å². The first-order valence-electron chi connectivity index (χ1n) is 11.5. The summed E-state index contributed by atoms with van der Waals surface area (Å²) in [4.78, 5) is 26.5. The second-order valence-electron chi connectivity index (χ2n) is 9.36. The van der Waals surface area contributed by atoms with Crippen LogP contribution in [0.3, 0.4) is 0 Å². The normalized spacial score (nSPS) is 27.8. The Hall–Kier alpha value is -2.56. The smallest absolute Gasteiger partial charge is 0.323 e. The number of carbonyl (C=O) groups excluding carboxylic acids is 2. The van der Waals surface area contributed by atoms with Crippen LogP contribution in [0.25, 0.3) is 0 Å². The Morgan fingerprint density at radius 2 is 1.55 bits per heavy atom. The van der Waals surface area contributed by atoms with Crippen LogP contribution in [-0.4, -0.2) is 25.2 Å². The van der Waals surface area contributed by atoms with Crippen molar-refractivity contribution in [2.45, 2.75) is 69.6 Å². The minimum atomic E-state index is -1.30. The van der Waals surface area contributed by atoms with Gasteiger partial charge in [-0.3, -0.25) is 9.59 Å². The number of ether oxygens (including phenoxy) is 2. The molecule has 0 aliphatic heterocycles. The number of furan rings is 1. The maximum absolute atomic E-state index is 13.3. The van der Waals surface area contributed by atoms with E-state index in [4.69, 9.17) is 13.9 Å². The molecule has 2 atom stereocenters. The second kappa shape index (κ2) is 7.25. The fourth-order valence-electron chi connectivity index (χ4n) is 6.47. The van der Waals surface area contributed by atoms with Gasteiger partial charge >= 0.3 is 11.9 Å². The molecule has 3 aliphatic rings. The second-order valence-corrected chi connectivity index (χ2v) is 9.36. The highest BCUT2D eigenvalue weighted by Crippen LogP contribution is 2.79. The SMILES string of the molecule is CCOC(=O)C1(C(=O)OCC)CC2(c3ccccc3)CC2(c2occ3c2CCCC3)C1. The van der Waals surface area contributed by atoms with Crippen molar-refractivity contribution in [2.24, 2.45) is 5.41 Å². The van der Waals surface area contributed by atoms with E-state index in [0.717, 1.165) is 37.0 Å². The summed E-state index contributed by atoms with van der Waals surface area (Å²) in [7, 11) is 0. The van der Waals surface area contributed by atoms with Gasteiger partial charge in [0.15, 0.2) is 5.41 Å². The molecule has 0 saturated heterocycles.